The van der Waals surface area contributed by atoms with Gasteiger partial charge in [-0.15, -0.1) is 0 Å². The smallest absolute Gasteiger partial charge is 0.162 e. The summed E-state index contributed by atoms with van der Waals surface area (Å²) in [5.74, 6) is -0.412. The number of hydrogen-bond acceptors (Lipinski definition) is 2. The van der Waals surface area contributed by atoms with Crippen molar-refractivity contribution >= 4 is 0 Å². The summed E-state index contributed by atoms with van der Waals surface area (Å²) in [6, 6.07) is 0. The second-order valence-corrected chi connectivity index (χ2v) is 4.87. The minimum atomic E-state index is -0.412. The van der Waals surface area contributed by atoms with Gasteiger partial charge in [-0.25, -0.2) is 0 Å². The molecule has 1 fully saturated rings. The zero-order chi connectivity index (χ0) is 9.95. The molecule has 0 aromatic carbocycles. The predicted molar refractivity (Wildman–Crippen MR) is 53.6 cm³/mol. The molecule has 0 heterocycles. The van der Waals surface area contributed by atoms with Gasteiger partial charge in [0.05, 0.1) is 6.61 Å². The lowest BCUT2D eigenvalue weighted by molar-refractivity contribution is -0.197. The monoisotopic (exact) mass is 186 g/mol. The molecule has 0 aliphatic heterocycles. The summed E-state index contributed by atoms with van der Waals surface area (Å²) in [6.07, 6.45) is 5.26. The topological polar surface area (TPSA) is 18.5 Å². The summed E-state index contributed by atoms with van der Waals surface area (Å²) in [7, 11) is 1.68. The molecule has 1 rings (SSSR count). The molecule has 2 heteroatoms. The molecule has 0 unspecified atom stereocenters. The van der Waals surface area contributed by atoms with Crippen LogP contribution in [0.4, 0.5) is 0 Å². The van der Waals surface area contributed by atoms with Crippen LogP contribution in [0.1, 0.15) is 46.5 Å². The zero-order valence-corrected chi connectivity index (χ0v) is 9.35. The van der Waals surface area contributed by atoms with E-state index in [1.54, 1.807) is 7.11 Å². The first-order valence-electron chi connectivity index (χ1n) is 5.17. The van der Waals surface area contributed by atoms with Crippen LogP contribution in [0.5, 0.6) is 0 Å². The lowest BCUT2D eigenvalue weighted by Gasteiger charge is -2.23. The fraction of sp³-hybridized carbons (Fsp3) is 1.00. The molecule has 0 aromatic heterocycles. The molecule has 13 heavy (non-hydrogen) atoms. The Morgan fingerprint density at radius 2 is 1.92 bits per heavy atom. The predicted octanol–water partition coefficient (Wildman–Crippen LogP) is 2.97. The minimum Gasteiger partial charge on any atom is -0.354 e. The molecule has 2 nitrogen and oxygen atoms in total. The average Bonchev–Trinajstić information content (AvgIpc) is 2.79. The lowest BCUT2D eigenvalue weighted by Crippen LogP contribution is -2.27. The van der Waals surface area contributed by atoms with Crippen molar-refractivity contribution in [2.45, 2.75) is 52.2 Å². The van der Waals surface area contributed by atoms with Gasteiger partial charge in [0, 0.05) is 7.11 Å². The highest BCUT2D eigenvalue weighted by Crippen LogP contribution is 2.48. The van der Waals surface area contributed by atoms with E-state index < -0.39 is 5.79 Å². The van der Waals surface area contributed by atoms with Crippen molar-refractivity contribution in [3.63, 3.8) is 0 Å². The van der Waals surface area contributed by atoms with Crippen molar-refractivity contribution in [2.75, 3.05) is 13.7 Å². The Labute approximate surface area is 81.6 Å². The number of hydrogen-bond donors (Lipinski definition) is 0. The molecular weight excluding hydrogens is 164 g/mol. The van der Waals surface area contributed by atoms with Crippen molar-refractivity contribution in [1.82, 2.24) is 0 Å². The van der Waals surface area contributed by atoms with Crippen molar-refractivity contribution in [2.24, 2.45) is 5.41 Å². The van der Waals surface area contributed by atoms with Crippen molar-refractivity contribution in [3.8, 4) is 0 Å². The molecule has 0 saturated heterocycles. The Bertz CT molecular complexity index is 159. The van der Waals surface area contributed by atoms with Crippen LogP contribution in [0.2, 0.25) is 0 Å². The van der Waals surface area contributed by atoms with Crippen LogP contribution in [-0.2, 0) is 9.47 Å². The summed E-state index contributed by atoms with van der Waals surface area (Å²) < 4.78 is 10.7. The first-order valence-corrected chi connectivity index (χ1v) is 5.17. The molecule has 1 saturated carbocycles. The van der Waals surface area contributed by atoms with Crippen LogP contribution in [-0.4, -0.2) is 19.5 Å². The standard InChI is InChI=1S/C11H22O2/c1-10(2,12-4)13-9-5-6-11(3)7-8-11/h5-9H2,1-4H3. The Balaban J connectivity index is 2.00. The quantitative estimate of drug-likeness (QED) is 0.469. The SMILES string of the molecule is COC(C)(C)OCCCC1(C)CC1. The van der Waals surface area contributed by atoms with E-state index >= 15 is 0 Å². The van der Waals surface area contributed by atoms with Gasteiger partial charge in [-0.05, 0) is 44.9 Å². The third-order valence-electron chi connectivity index (χ3n) is 2.97. The van der Waals surface area contributed by atoms with Crippen LogP contribution >= 0.6 is 0 Å². The largest absolute Gasteiger partial charge is 0.354 e. The van der Waals surface area contributed by atoms with Gasteiger partial charge >= 0.3 is 0 Å². The summed E-state index contributed by atoms with van der Waals surface area (Å²) in [4.78, 5) is 0. The van der Waals surface area contributed by atoms with Crippen LogP contribution < -0.4 is 0 Å². The maximum atomic E-state index is 5.58. The van der Waals surface area contributed by atoms with E-state index in [4.69, 9.17) is 9.47 Å². The molecule has 0 spiro atoms. The third-order valence-corrected chi connectivity index (χ3v) is 2.97. The second kappa shape index (κ2) is 3.97. The van der Waals surface area contributed by atoms with E-state index in [0.717, 1.165) is 13.0 Å². The minimum absolute atomic E-state index is 0.412. The zero-order valence-electron chi connectivity index (χ0n) is 9.35. The van der Waals surface area contributed by atoms with Crippen LogP contribution in [0.25, 0.3) is 0 Å². The Morgan fingerprint density at radius 1 is 1.31 bits per heavy atom. The second-order valence-electron chi connectivity index (χ2n) is 4.87. The van der Waals surface area contributed by atoms with E-state index in [1.807, 2.05) is 13.8 Å². The van der Waals surface area contributed by atoms with Gasteiger partial charge in [0.15, 0.2) is 5.79 Å². The van der Waals surface area contributed by atoms with Gasteiger partial charge in [0.2, 0.25) is 0 Å². The Morgan fingerprint density at radius 3 is 2.38 bits per heavy atom. The van der Waals surface area contributed by atoms with Crippen molar-refractivity contribution in [3.05, 3.63) is 0 Å². The summed E-state index contributed by atoms with van der Waals surface area (Å²) >= 11 is 0. The summed E-state index contributed by atoms with van der Waals surface area (Å²) in [5.41, 5.74) is 0.653. The van der Waals surface area contributed by atoms with E-state index in [1.165, 1.54) is 19.3 Å². The maximum absolute atomic E-state index is 5.58. The lowest BCUT2D eigenvalue weighted by atomic mass is 10.0. The number of ether oxygens (including phenoxy) is 2. The Hall–Kier alpha value is -0.0800. The highest BCUT2D eigenvalue weighted by atomic mass is 16.7. The van der Waals surface area contributed by atoms with Gasteiger partial charge in [-0.1, -0.05) is 6.92 Å². The third kappa shape index (κ3) is 4.10. The number of methoxy groups -OCH3 is 1. The van der Waals surface area contributed by atoms with Gasteiger partial charge in [0.1, 0.15) is 0 Å². The first-order chi connectivity index (χ1) is 5.97. The molecule has 78 valence electrons. The van der Waals surface area contributed by atoms with Crippen LogP contribution in [0.3, 0.4) is 0 Å². The maximum Gasteiger partial charge on any atom is 0.162 e. The fourth-order valence-corrected chi connectivity index (χ4v) is 1.34. The molecule has 0 N–H and O–H groups in total. The van der Waals surface area contributed by atoms with Gasteiger partial charge in [-0.2, -0.15) is 0 Å². The molecule has 0 amide bonds. The molecule has 0 atom stereocenters. The Kier molecular flexibility index (Phi) is 3.36. The van der Waals surface area contributed by atoms with E-state index in [0.29, 0.717) is 5.41 Å². The van der Waals surface area contributed by atoms with E-state index in [9.17, 15) is 0 Å². The van der Waals surface area contributed by atoms with E-state index in [2.05, 4.69) is 6.92 Å². The molecular formula is C11H22O2. The van der Waals surface area contributed by atoms with Gasteiger partial charge in [-0.3, -0.25) is 0 Å². The summed E-state index contributed by atoms with van der Waals surface area (Å²) in [6.45, 7) is 7.07. The normalized spacial score (nSPS) is 20.3. The first kappa shape index (κ1) is 11.0. The molecule has 0 bridgehead atoms. The van der Waals surface area contributed by atoms with Crippen LogP contribution in [0, 0.1) is 5.41 Å². The highest BCUT2D eigenvalue weighted by Gasteiger charge is 2.36. The molecule has 1 aliphatic rings. The molecule has 1 aliphatic carbocycles. The van der Waals surface area contributed by atoms with E-state index in [-0.39, 0.29) is 0 Å². The average molecular weight is 186 g/mol. The highest BCUT2D eigenvalue weighted by molar-refractivity contribution is 4.87. The van der Waals surface area contributed by atoms with Gasteiger partial charge < -0.3 is 9.47 Å². The number of rotatable bonds is 6. The molecule has 0 radical (unpaired) electrons. The van der Waals surface area contributed by atoms with Crippen molar-refractivity contribution < 1.29 is 9.47 Å². The van der Waals surface area contributed by atoms with Crippen molar-refractivity contribution in [1.29, 1.82) is 0 Å². The fourth-order valence-electron chi connectivity index (χ4n) is 1.34. The molecule has 0 aromatic rings. The van der Waals surface area contributed by atoms with Gasteiger partial charge in [0.25, 0.3) is 0 Å². The van der Waals surface area contributed by atoms with Crippen LogP contribution in [0.15, 0.2) is 0 Å². The summed E-state index contributed by atoms with van der Waals surface area (Å²) in [5, 5.41) is 0.